The maximum Gasteiger partial charge on any atom is 0.302 e. The van der Waals surface area contributed by atoms with Gasteiger partial charge in [0.15, 0.2) is 0 Å². The van der Waals surface area contributed by atoms with Gasteiger partial charge in [0.1, 0.15) is 6.61 Å². The van der Waals surface area contributed by atoms with Crippen molar-refractivity contribution in [2.75, 3.05) is 25.1 Å². The molecule has 0 aliphatic heterocycles. The van der Waals surface area contributed by atoms with Gasteiger partial charge in [-0.2, -0.15) is 10.2 Å². The van der Waals surface area contributed by atoms with Gasteiger partial charge < -0.3 is 9.64 Å². The Bertz CT molecular complexity index is 923. The van der Waals surface area contributed by atoms with Crippen molar-refractivity contribution in [1.29, 1.82) is 0 Å². The SMILES string of the molecule is CC(=O)OCCN(C)c1ccc(N=Nc2ccc(-c3ccccn3)cc2)cc1. The van der Waals surface area contributed by atoms with Crippen LogP contribution in [0.15, 0.2) is 83.2 Å². The predicted octanol–water partition coefficient (Wildman–Crippen LogP) is 5.16. The molecule has 0 radical (unpaired) electrons. The molecule has 0 saturated carbocycles. The molecule has 6 heteroatoms. The molecule has 0 unspecified atom stereocenters. The first-order chi connectivity index (χ1) is 13.6. The summed E-state index contributed by atoms with van der Waals surface area (Å²) in [6.45, 7) is 2.40. The summed E-state index contributed by atoms with van der Waals surface area (Å²) in [5.74, 6) is -0.266. The molecule has 28 heavy (non-hydrogen) atoms. The van der Waals surface area contributed by atoms with Crippen molar-refractivity contribution < 1.29 is 9.53 Å². The van der Waals surface area contributed by atoms with Gasteiger partial charge in [0.2, 0.25) is 0 Å². The quantitative estimate of drug-likeness (QED) is 0.423. The number of nitrogens with zero attached hydrogens (tertiary/aromatic N) is 4. The summed E-state index contributed by atoms with van der Waals surface area (Å²) in [4.78, 5) is 17.2. The minimum absolute atomic E-state index is 0.266. The highest BCUT2D eigenvalue weighted by Gasteiger charge is 2.02. The Hall–Kier alpha value is -3.54. The smallest absolute Gasteiger partial charge is 0.302 e. The van der Waals surface area contributed by atoms with Gasteiger partial charge in [-0.15, -0.1) is 0 Å². The second kappa shape index (κ2) is 9.41. The van der Waals surface area contributed by atoms with Gasteiger partial charge in [0.25, 0.3) is 0 Å². The minimum atomic E-state index is -0.266. The Labute approximate surface area is 164 Å². The average molecular weight is 374 g/mol. The third kappa shape index (κ3) is 5.48. The van der Waals surface area contributed by atoms with Gasteiger partial charge in [0, 0.05) is 31.4 Å². The van der Waals surface area contributed by atoms with Gasteiger partial charge in [-0.3, -0.25) is 9.78 Å². The van der Waals surface area contributed by atoms with Crippen molar-refractivity contribution in [3.05, 3.63) is 72.9 Å². The largest absolute Gasteiger partial charge is 0.464 e. The second-order valence-electron chi connectivity index (χ2n) is 6.24. The zero-order valence-electron chi connectivity index (χ0n) is 15.9. The van der Waals surface area contributed by atoms with Gasteiger partial charge in [0.05, 0.1) is 23.6 Å². The number of pyridine rings is 1. The molecule has 0 bridgehead atoms. The van der Waals surface area contributed by atoms with Crippen LogP contribution in [0.4, 0.5) is 17.1 Å². The minimum Gasteiger partial charge on any atom is -0.464 e. The van der Waals surface area contributed by atoms with E-state index in [1.807, 2.05) is 78.7 Å². The molecule has 0 spiro atoms. The van der Waals surface area contributed by atoms with Gasteiger partial charge in [-0.1, -0.05) is 18.2 Å². The average Bonchev–Trinajstić information content (AvgIpc) is 2.73. The summed E-state index contributed by atoms with van der Waals surface area (Å²) < 4.78 is 4.96. The van der Waals surface area contributed by atoms with E-state index in [-0.39, 0.29) is 5.97 Å². The topological polar surface area (TPSA) is 67.2 Å². The summed E-state index contributed by atoms with van der Waals surface area (Å²) in [6.07, 6.45) is 1.78. The summed E-state index contributed by atoms with van der Waals surface area (Å²) in [5, 5.41) is 8.57. The first-order valence-electron chi connectivity index (χ1n) is 8.99. The molecule has 1 heterocycles. The first-order valence-corrected chi connectivity index (χ1v) is 8.99. The number of ether oxygens (including phenoxy) is 1. The molecule has 6 nitrogen and oxygen atoms in total. The summed E-state index contributed by atoms with van der Waals surface area (Å²) in [5.41, 5.74) is 4.54. The zero-order chi connectivity index (χ0) is 19.8. The lowest BCUT2D eigenvalue weighted by molar-refractivity contribution is -0.140. The van der Waals surface area contributed by atoms with Crippen LogP contribution in [0, 0.1) is 0 Å². The number of rotatable bonds is 7. The van der Waals surface area contributed by atoms with Crippen molar-refractivity contribution in [3.8, 4) is 11.3 Å². The molecule has 0 atom stereocenters. The number of esters is 1. The normalized spacial score (nSPS) is 10.8. The van der Waals surface area contributed by atoms with Crippen LogP contribution in [0.2, 0.25) is 0 Å². The lowest BCUT2D eigenvalue weighted by atomic mass is 10.1. The molecule has 0 fully saturated rings. The van der Waals surface area contributed by atoms with E-state index in [0.717, 1.165) is 28.3 Å². The molecule has 0 aliphatic rings. The van der Waals surface area contributed by atoms with Crippen LogP contribution in [-0.4, -0.2) is 31.2 Å². The highest BCUT2D eigenvalue weighted by molar-refractivity contribution is 5.66. The molecule has 2 aromatic carbocycles. The van der Waals surface area contributed by atoms with Crippen LogP contribution in [0.3, 0.4) is 0 Å². The second-order valence-corrected chi connectivity index (χ2v) is 6.24. The van der Waals surface area contributed by atoms with Gasteiger partial charge in [-0.05, 0) is 48.5 Å². The molecule has 3 rings (SSSR count). The fourth-order valence-corrected chi connectivity index (χ4v) is 2.58. The lowest BCUT2D eigenvalue weighted by Gasteiger charge is -2.18. The molecule has 0 aliphatic carbocycles. The number of aromatic nitrogens is 1. The van der Waals surface area contributed by atoms with Crippen LogP contribution in [-0.2, 0) is 9.53 Å². The van der Waals surface area contributed by atoms with Crippen LogP contribution < -0.4 is 4.90 Å². The molecule has 3 aromatic rings. The maximum absolute atomic E-state index is 10.8. The summed E-state index contributed by atoms with van der Waals surface area (Å²) >= 11 is 0. The molecule has 0 N–H and O–H groups in total. The fourth-order valence-electron chi connectivity index (χ4n) is 2.58. The number of azo groups is 1. The van der Waals surface area contributed by atoms with E-state index < -0.39 is 0 Å². The highest BCUT2D eigenvalue weighted by Crippen LogP contribution is 2.24. The maximum atomic E-state index is 10.8. The number of hydrogen-bond acceptors (Lipinski definition) is 6. The van der Waals surface area contributed by atoms with Crippen molar-refractivity contribution in [2.24, 2.45) is 10.2 Å². The Balaban J connectivity index is 1.59. The number of hydrogen-bond donors (Lipinski definition) is 0. The van der Waals surface area contributed by atoms with Crippen LogP contribution >= 0.6 is 0 Å². The summed E-state index contributed by atoms with van der Waals surface area (Å²) in [7, 11) is 1.95. The van der Waals surface area contributed by atoms with E-state index in [0.29, 0.717) is 13.2 Å². The predicted molar refractivity (Wildman–Crippen MR) is 110 cm³/mol. The van der Waals surface area contributed by atoms with Crippen LogP contribution in [0.25, 0.3) is 11.3 Å². The third-order valence-corrected chi connectivity index (χ3v) is 4.13. The fraction of sp³-hybridized carbons (Fsp3) is 0.182. The van der Waals surface area contributed by atoms with E-state index in [9.17, 15) is 4.79 Å². The van der Waals surface area contributed by atoms with E-state index in [2.05, 4.69) is 15.2 Å². The monoisotopic (exact) mass is 374 g/mol. The van der Waals surface area contributed by atoms with E-state index in [1.165, 1.54) is 6.92 Å². The highest BCUT2D eigenvalue weighted by atomic mass is 16.5. The molecule has 1 aromatic heterocycles. The van der Waals surface area contributed by atoms with E-state index in [4.69, 9.17) is 4.74 Å². The molecular weight excluding hydrogens is 352 g/mol. The molecule has 0 amide bonds. The number of anilines is 1. The first kappa shape index (κ1) is 19.2. The standard InChI is InChI=1S/C22H22N4O2/c1-17(27)28-16-15-26(2)21-12-10-20(11-13-21)25-24-19-8-6-18(7-9-19)22-5-3-4-14-23-22/h3-14H,15-16H2,1-2H3. The van der Waals surface area contributed by atoms with Crippen LogP contribution in [0.1, 0.15) is 6.92 Å². The van der Waals surface area contributed by atoms with Gasteiger partial charge in [-0.25, -0.2) is 0 Å². The zero-order valence-corrected chi connectivity index (χ0v) is 15.9. The van der Waals surface area contributed by atoms with Crippen molar-refractivity contribution in [3.63, 3.8) is 0 Å². The Kier molecular flexibility index (Phi) is 6.46. The molecule has 0 saturated heterocycles. The molecular formula is C22H22N4O2. The Morgan fingerprint density at radius 1 is 0.964 bits per heavy atom. The van der Waals surface area contributed by atoms with Crippen molar-refractivity contribution in [1.82, 2.24) is 4.98 Å². The Morgan fingerprint density at radius 3 is 2.18 bits per heavy atom. The summed E-state index contributed by atoms with van der Waals surface area (Å²) in [6, 6.07) is 21.4. The third-order valence-electron chi connectivity index (χ3n) is 4.13. The van der Waals surface area contributed by atoms with E-state index in [1.54, 1.807) is 6.20 Å². The van der Waals surface area contributed by atoms with Crippen molar-refractivity contribution >= 4 is 23.0 Å². The number of benzene rings is 2. The van der Waals surface area contributed by atoms with Gasteiger partial charge >= 0.3 is 5.97 Å². The number of likely N-dealkylation sites (N-methyl/N-ethyl adjacent to an activating group) is 1. The van der Waals surface area contributed by atoms with E-state index >= 15 is 0 Å². The Morgan fingerprint density at radius 2 is 1.61 bits per heavy atom. The van der Waals surface area contributed by atoms with Crippen LogP contribution in [0.5, 0.6) is 0 Å². The number of carbonyl (C=O) groups is 1. The van der Waals surface area contributed by atoms with Crippen molar-refractivity contribution in [2.45, 2.75) is 6.92 Å². The molecule has 142 valence electrons. The lowest BCUT2D eigenvalue weighted by Crippen LogP contribution is -2.23. The number of carbonyl (C=O) groups excluding carboxylic acids is 1.